The van der Waals surface area contributed by atoms with Crippen LogP contribution in [-0.2, 0) is 45.1 Å². The molecule has 4 amide bonds. The Labute approximate surface area is 357 Å². The average molecular weight is 863 g/mol. The first kappa shape index (κ1) is 43.4. The molecule has 0 radical (unpaired) electrons. The van der Waals surface area contributed by atoms with Gasteiger partial charge >= 0.3 is 0 Å². The number of carbonyl (C=O) groups excluding carboxylic acids is 4. The Morgan fingerprint density at radius 3 is 1.44 bits per heavy atom. The molecule has 2 aromatic heterocycles. The van der Waals surface area contributed by atoms with Crippen molar-refractivity contribution in [3.63, 3.8) is 0 Å². The first-order valence-electron chi connectivity index (χ1n) is 21.6. The maximum atomic E-state index is 15.3. The van der Waals surface area contributed by atoms with Gasteiger partial charge in [0.25, 0.3) is 0 Å². The molecule has 16 nitrogen and oxygen atoms in total. The molecule has 6 heterocycles. The predicted molar refractivity (Wildman–Crippen MR) is 225 cm³/mol. The Morgan fingerprint density at radius 1 is 0.677 bits per heavy atom. The zero-order valence-electron chi connectivity index (χ0n) is 35.4. The summed E-state index contributed by atoms with van der Waals surface area (Å²) in [5.41, 5.74) is 3.41. The van der Waals surface area contributed by atoms with Gasteiger partial charge in [0, 0.05) is 61.2 Å². The third-order valence-corrected chi connectivity index (χ3v) is 13.6. The van der Waals surface area contributed by atoms with Crippen molar-refractivity contribution in [1.29, 1.82) is 0 Å². The molecule has 0 spiro atoms. The van der Waals surface area contributed by atoms with Crippen molar-refractivity contribution in [2.75, 3.05) is 27.2 Å². The number of aliphatic hydroxyl groups is 2. The number of phenols is 2. The molecular formula is C44H56F2N8O8. The van der Waals surface area contributed by atoms with E-state index < -0.39 is 95.2 Å². The van der Waals surface area contributed by atoms with Crippen LogP contribution in [0, 0.1) is 11.6 Å². The van der Waals surface area contributed by atoms with Crippen molar-refractivity contribution in [3.05, 3.63) is 47.0 Å². The van der Waals surface area contributed by atoms with Crippen molar-refractivity contribution in [2.24, 2.45) is 0 Å². The molecule has 18 heteroatoms. The predicted octanol–water partition coefficient (Wildman–Crippen LogP) is 1.73. The van der Waals surface area contributed by atoms with E-state index in [0.717, 1.165) is 0 Å². The summed E-state index contributed by atoms with van der Waals surface area (Å²) in [6, 6.07) is 0.746. The zero-order valence-corrected chi connectivity index (χ0v) is 35.4. The standard InChI is InChI=1S/C44H56F2N8O8/c1-21(47-3)41(59)49-33-7-5-6-8-34(50-42(60)22(2)48-4)44(62)54-20-26(56)12-24(54)14-30-28-16-38(58)32(46)18-36(28)52-10-9-51-35-17-31(45)37(57)15-27(35)29(39(51)40(30)52)13-23-11-25(55)19-53(23)43(33)61/h15-18,21-26,33-34,47-48,55-58H,5-14,19-20H2,1-4H3,(H,49,59)(H,50,60)/t21-,22-,23-,24-,25-,26-,33-,34-/m0/s1. The molecule has 4 aliphatic rings. The highest BCUT2D eigenvalue weighted by molar-refractivity contribution is 5.99. The van der Waals surface area contributed by atoms with Crippen LogP contribution in [0.5, 0.6) is 11.5 Å². The molecule has 8 atom stereocenters. The maximum absolute atomic E-state index is 15.3. The molecular weight excluding hydrogens is 807 g/mol. The molecule has 334 valence electrons. The molecule has 4 aliphatic heterocycles. The Bertz CT molecular complexity index is 2270. The molecule has 0 saturated carbocycles. The number of rotatable bonds is 6. The van der Waals surface area contributed by atoms with Crippen LogP contribution in [0.25, 0.3) is 33.2 Å². The Hall–Kier alpha value is -5.30. The van der Waals surface area contributed by atoms with Crippen molar-refractivity contribution in [2.45, 2.75) is 127 Å². The number of halogens is 2. The molecule has 2 fully saturated rings. The number of hydrogen-bond acceptors (Lipinski definition) is 10. The number of nitrogens with zero attached hydrogens (tertiary/aromatic N) is 4. The second-order valence-electron chi connectivity index (χ2n) is 17.5. The van der Waals surface area contributed by atoms with Crippen LogP contribution < -0.4 is 21.3 Å². The van der Waals surface area contributed by atoms with Gasteiger partial charge in [-0.3, -0.25) is 19.2 Å². The van der Waals surface area contributed by atoms with Gasteiger partial charge in [-0.2, -0.15) is 0 Å². The van der Waals surface area contributed by atoms with E-state index in [1.54, 1.807) is 37.7 Å². The van der Waals surface area contributed by atoms with Gasteiger partial charge in [-0.15, -0.1) is 0 Å². The van der Waals surface area contributed by atoms with Crippen LogP contribution in [0.15, 0.2) is 24.3 Å². The third kappa shape index (κ3) is 7.75. The minimum atomic E-state index is -1.01. The Kier molecular flexibility index (Phi) is 12.0. The number of nitrogens with one attached hydrogen (secondary N) is 4. The first-order valence-corrected chi connectivity index (χ1v) is 21.6. The fraction of sp³-hybridized carbons (Fsp3) is 0.545. The van der Waals surface area contributed by atoms with Gasteiger partial charge in [0.2, 0.25) is 23.6 Å². The smallest absolute Gasteiger partial charge is 0.245 e. The lowest BCUT2D eigenvalue weighted by Gasteiger charge is -2.32. The van der Waals surface area contributed by atoms with E-state index in [2.05, 4.69) is 21.3 Å². The fourth-order valence-electron chi connectivity index (χ4n) is 10.1. The SMILES string of the molecule is CN[C@@H](C)C(=O)N[C@H]1CCCC[C@H](NC(=O)[C@H](C)NC)C(=O)N2C[C@@H](O)C[C@H]2Cc2c3n(c4cc(F)c(O)cc24)CCn2c-3c(c3cc(O)c(F)cc32)C[C@@H]2C[C@H](O)CN2C1=O. The number of aryl methyl sites for hydroxylation is 2. The number of likely N-dealkylation sites (N-methyl/N-ethyl adjacent to an activating group) is 2. The van der Waals surface area contributed by atoms with Crippen LogP contribution in [-0.4, -0.2) is 139 Å². The van der Waals surface area contributed by atoms with E-state index in [1.165, 1.54) is 24.3 Å². The first-order chi connectivity index (χ1) is 29.6. The molecule has 8 N–H and O–H groups in total. The van der Waals surface area contributed by atoms with Gasteiger partial charge in [-0.25, -0.2) is 8.78 Å². The monoisotopic (exact) mass is 862 g/mol. The third-order valence-electron chi connectivity index (χ3n) is 13.6. The molecule has 0 unspecified atom stereocenters. The van der Waals surface area contributed by atoms with Gasteiger partial charge in [0.05, 0.1) is 46.7 Å². The zero-order chi connectivity index (χ0) is 44.3. The van der Waals surface area contributed by atoms with Crippen LogP contribution in [0.1, 0.15) is 63.5 Å². The van der Waals surface area contributed by atoms with Crippen LogP contribution in [0.4, 0.5) is 8.78 Å². The van der Waals surface area contributed by atoms with E-state index in [0.29, 0.717) is 70.3 Å². The summed E-state index contributed by atoms with van der Waals surface area (Å²) in [5, 5.41) is 56.6. The fourth-order valence-corrected chi connectivity index (χ4v) is 10.1. The number of benzene rings is 2. The highest BCUT2D eigenvalue weighted by Crippen LogP contribution is 2.47. The van der Waals surface area contributed by atoms with Gasteiger partial charge < -0.3 is 60.6 Å². The quantitative estimate of drug-likeness (QED) is 0.141. The molecule has 2 saturated heterocycles. The van der Waals surface area contributed by atoms with Crippen LogP contribution >= 0.6 is 0 Å². The largest absolute Gasteiger partial charge is 0.505 e. The van der Waals surface area contributed by atoms with E-state index in [4.69, 9.17) is 0 Å². The maximum Gasteiger partial charge on any atom is 0.245 e. The van der Waals surface area contributed by atoms with Gasteiger partial charge in [-0.1, -0.05) is 12.8 Å². The topological polar surface area (TPSA) is 214 Å². The van der Waals surface area contributed by atoms with Crippen molar-refractivity contribution in [1.82, 2.24) is 40.2 Å². The van der Waals surface area contributed by atoms with Crippen molar-refractivity contribution >= 4 is 45.4 Å². The number of amides is 4. The Balaban J connectivity index is 1.34. The number of aromatic hydroxyl groups is 2. The highest BCUT2D eigenvalue weighted by atomic mass is 19.1. The number of fused-ring (bicyclic) bond motifs is 8. The van der Waals surface area contributed by atoms with Crippen LogP contribution in [0.2, 0.25) is 0 Å². The summed E-state index contributed by atoms with van der Waals surface area (Å²) >= 11 is 0. The highest BCUT2D eigenvalue weighted by Gasteiger charge is 2.43. The van der Waals surface area contributed by atoms with Gasteiger partial charge in [-0.05, 0) is 89.7 Å². The summed E-state index contributed by atoms with van der Waals surface area (Å²) in [4.78, 5) is 59.3. The van der Waals surface area contributed by atoms with Crippen LogP contribution in [0.3, 0.4) is 0 Å². The number of aromatic nitrogens is 2. The number of aliphatic hydroxyl groups excluding tert-OH is 2. The summed E-state index contributed by atoms with van der Waals surface area (Å²) in [5.74, 6) is -4.46. The van der Waals surface area contributed by atoms with Gasteiger partial charge in [0.15, 0.2) is 23.1 Å². The lowest BCUT2D eigenvalue weighted by Crippen LogP contribution is -2.54. The summed E-state index contributed by atoms with van der Waals surface area (Å²) in [6.07, 6.45) is 0.0340. The average Bonchev–Trinajstić information content (AvgIpc) is 3.97. The normalized spacial score (nSPS) is 25.5. The van der Waals surface area contributed by atoms with Gasteiger partial charge in [0.1, 0.15) is 12.1 Å². The summed E-state index contributed by atoms with van der Waals surface area (Å²) in [6.45, 7) is 3.92. The Morgan fingerprint density at radius 2 is 1.06 bits per heavy atom. The lowest BCUT2D eigenvalue weighted by molar-refractivity contribution is -0.138. The molecule has 2 aromatic carbocycles. The number of hydrogen-bond donors (Lipinski definition) is 8. The van der Waals surface area contributed by atoms with E-state index in [9.17, 15) is 39.6 Å². The molecule has 62 heavy (non-hydrogen) atoms. The van der Waals surface area contributed by atoms with Crippen molar-refractivity contribution < 1.29 is 48.4 Å². The van der Waals surface area contributed by atoms with E-state index in [1.807, 2.05) is 9.13 Å². The number of carbonyl (C=O) groups is 4. The summed E-state index contributed by atoms with van der Waals surface area (Å²) < 4.78 is 34.5. The van der Waals surface area contributed by atoms with Crippen molar-refractivity contribution in [3.8, 4) is 22.9 Å². The second kappa shape index (κ2) is 17.1. The molecule has 0 bridgehead atoms. The molecule has 0 aliphatic carbocycles. The second-order valence-corrected chi connectivity index (χ2v) is 17.5. The molecule has 4 aromatic rings. The minimum Gasteiger partial charge on any atom is -0.505 e. The van der Waals surface area contributed by atoms with E-state index in [-0.39, 0.29) is 51.6 Å². The number of phenolic OH excluding ortho intramolecular Hbond substituents is 2. The summed E-state index contributed by atoms with van der Waals surface area (Å²) in [7, 11) is 3.26. The molecule has 8 rings (SSSR count). The lowest BCUT2D eigenvalue weighted by atomic mass is 9.93. The van der Waals surface area contributed by atoms with E-state index >= 15 is 8.78 Å². The minimum absolute atomic E-state index is 0.0124.